The Morgan fingerprint density at radius 3 is 2.71 bits per heavy atom. The Morgan fingerprint density at radius 2 is 2.19 bits per heavy atom. The van der Waals surface area contributed by atoms with E-state index in [1.165, 1.54) is 0 Å². The molecule has 0 saturated carbocycles. The van der Waals surface area contributed by atoms with Gasteiger partial charge in [-0.3, -0.25) is 4.99 Å². The molecular formula is C13H24IN3O2S2. The maximum absolute atomic E-state index is 12.0. The van der Waals surface area contributed by atoms with Gasteiger partial charge in [0.1, 0.15) is 0 Å². The molecule has 21 heavy (non-hydrogen) atoms. The van der Waals surface area contributed by atoms with Gasteiger partial charge >= 0.3 is 0 Å². The fourth-order valence-corrected chi connectivity index (χ4v) is 3.90. The zero-order chi connectivity index (χ0) is 15.2. The van der Waals surface area contributed by atoms with Crippen LogP contribution in [0.2, 0.25) is 0 Å². The summed E-state index contributed by atoms with van der Waals surface area (Å²) < 4.78 is 23.2. The van der Waals surface area contributed by atoms with Crippen molar-refractivity contribution >= 4 is 51.5 Å². The summed E-state index contributed by atoms with van der Waals surface area (Å²) in [5.41, 5.74) is 0. The van der Waals surface area contributed by atoms with Gasteiger partial charge in [0.2, 0.25) is 0 Å². The van der Waals surface area contributed by atoms with Gasteiger partial charge in [-0.1, -0.05) is 5.92 Å². The van der Waals surface area contributed by atoms with Crippen LogP contribution in [-0.4, -0.2) is 68.0 Å². The van der Waals surface area contributed by atoms with E-state index < -0.39 is 14.6 Å². The third-order valence-electron chi connectivity index (χ3n) is 3.27. The lowest BCUT2D eigenvalue weighted by atomic mass is 10.2. The Kier molecular flexibility index (Phi) is 9.04. The number of thioether (sulfide) groups is 1. The lowest BCUT2D eigenvalue weighted by Gasteiger charge is -2.39. The van der Waals surface area contributed by atoms with E-state index >= 15 is 0 Å². The predicted octanol–water partition coefficient (Wildman–Crippen LogP) is 1.06. The summed E-state index contributed by atoms with van der Waals surface area (Å²) in [6.07, 6.45) is 5.19. The third-order valence-corrected chi connectivity index (χ3v) is 6.67. The molecule has 122 valence electrons. The molecule has 8 heteroatoms. The van der Waals surface area contributed by atoms with E-state index in [0.29, 0.717) is 18.8 Å². The number of nitrogens with one attached hydrogen (secondary N) is 1. The second kappa shape index (κ2) is 9.10. The van der Waals surface area contributed by atoms with Gasteiger partial charge < -0.3 is 10.2 Å². The van der Waals surface area contributed by atoms with Crippen molar-refractivity contribution in [2.24, 2.45) is 4.99 Å². The molecule has 1 aliphatic heterocycles. The lowest BCUT2D eigenvalue weighted by molar-refractivity contribution is 0.354. The summed E-state index contributed by atoms with van der Waals surface area (Å²) in [6, 6.07) is 0. The number of aliphatic imine (C=N–C) groups is 1. The van der Waals surface area contributed by atoms with Crippen molar-refractivity contribution in [3.8, 4) is 12.3 Å². The highest BCUT2D eigenvalue weighted by molar-refractivity contribution is 14.0. The molecule has 1 N–H and O–H groups in total. The molecule has 0 aromatic carbocycles. The molecule has 0 radical (unpaired) electrons. The van der Waals surface area contributed by atoms with Gasteiger partial charge in [-0.15, -0.1) is 42.2 Å². The van der Waals surface area contributed by atoms with E-state index in [1.54, 1.807) is 32.7 Å². The first-order chi connectivity index (χ1) is 9.34. The number of sulfone groups is 1. The van der Waals surface area contributed by atoms with Crippen LogP contribution < -0.4 is 5.32 Å². The largest absolute Gasteiger partial charge is 0.355 e. The topological polar surface area (TPSA) is 61.8 Å². The molecule has 0 amide bonds. The van der Waals surface area contributed by atoms with E-state index in [-0.39, 0.29) is 29.7 Å². The second-order valence-electron chi connectivity index (χ2n) is 5.23. The van der Waals surface area contributed by atoms with E-state index in [1.807, 2.05) is 4.90 Å². The maximum Gasteiger partial charge on any atom is 0.193 e. The van der Waals surface area contributed by atoms with Gasteiger partial charge in [0.05, 0.1) is 16.3 Å². The van der Waals surface area contributed by atoms with Crippen LogP contribution in [0.4, 0.5) is 0 Å². The average Bonchev–Trinajstić information content (AvgIpc) is 2.37. The van der Waals surface area contributed by atoms with Crippen LogP contribution in [-0.2, 0) is 9.84 Å². The Hall–Kier alpha value is -0.140. The number of terminal acetylenes is 1. The van der Waals surface area contributed by atoms with Crippen molar-refractivity contribution in [2.45, 2.75) is 18.6 Å². The minimum Gasteiger partial charge on any atom is -0.355 e. The number of rotatable bonds is 4. The first-order valence-corrected chi connectivity index (χ1v) is 9.34. The molecule has 1 rings (SSSR count). The van der Waals surface area contributed by atoms with Crippen LogP contribution in [0.5, 0.6) is 0 Å². The van der Waals surface area contributed by atoms with Crippen molar-refractivity contribution < 1.29 is 8.42 Å². The summed E-state index contributed by atoms with van der Waals surface area (Å²) in [7, 11) is -1.30. The smallest absolute Gasteiger partial charge is 0.193 e. The number of nitrogens with zero attached hydrogens (tertiary/aromatic N) is 2. The van der Waals surface area contributed by atoms with Gasteiger partial charge in [0.25, 0.3) is 0 Å². The highest BCUT2D eigenvalue weighted by Gasteiger charge is 2.40. The Balaban J connectivity index is 0.00000400. The van der Waals surface area contributed by atoms with E-state index in [2.05, 4.69) is 16.2 Å². The Bertz CT molecular complexity index is 498. The van der Waals surface area contributed by atoms with Gasteiger partial charge in [0, 0.05) is 32.4 Å². The lowest BCUT2D eigenvalue weighted by Crippen LogP contribution is -2.57. The highest BCUT2D eigenvalue weighted by atomic mass is 127. The number of hydrogen-bond donors (Lipinski definition) is 1. The molecule has 1 aliphatic rings. The van der Waals surface area contributed by atoms with Gasteiger partial charge in [-0.25, -0.2) is 8.42 Å². The summed E-state index contributed by atoms with van der Waals surface area (Å²) in [4.78, 5) is 6.24. The first kappa shape index (κ1) is 20.9. The average molecular weight is 445 g/mol. The van der Waals surface area contributed by atoms with Crippen molar-refractivity contribution in [1.82, 2.24) is 10.2 Å². The standard InChI is InChI=1S/C13H23N3O2S2.HI/c1-5-8-19-9-6-15-12(14-4)16-7-10-20(17,18)13(2,3)11-16;/h1H,6-11H2,2-4H3,(H,14,15);1H. The molecule has 0 unspecified atom stereocenters. The van der Waals surface area contributed by atoms with E-state index in [9.17, 15) is 8.42 Å². The fourth-order valence-electron chi connectivity index (χ4n) is 2.02. The normalized spacial score (nSPS) is 20.3. The van der Waals surface area contributed by atoms with Gasteiger partial charge in [-0.05, 0) is 13.8 Å². The predicted molar refractivity (Wildman–Crippen MR) is 102 cm³/mol. The zero-order valence-electron chi connectivity index (χ0n) is 12.8. The molecule has 0 aromatic heterocycles. The third kappa shape index (κ3) is 5.87. The van der Waals surface area contributed by atoms with Crippen LogP contribution in [0, 0.1) is 12.3 Å². The van der Waals surface area contributed by atoms with E-state index in [0.717, 1.165) is 18.3 Å². The van der Waals surface area contributed by atoms with Crippen LogP contribution >= 0.6 is 35.7 Å². The quantitative estimate of drug-likeness (QED) is 0.231. The van der Waals surface area contributed by atoms with E-state index in [4.69, 9.17) is 6.42 Å². The van der Waals surface area contributed by atoms with Crippen LogP contribution in [0.3, 0.4) is 0 Å². The summed E-state index contributed by atoms with van der Waals surface area (Å²) in [6.45, 7) is 5.26. The van der Waals surface area contributed by atoms with Crippen molar-refractivity contribution in [2.75, 3.05) is 43.9 Å². The fraction of sp³-hybridized carbons (Fsp3) is 0.769. The first-order valence-electron chi connectivity index (χ1n) is 6.53. The van der Waals surface area contributed by atoms with Crippen molar-refractivity contribution in [1.29, 1.82) is 0 Å². The molecular weight excluding hydrogens is 421 g/mol. The molecule has 1 fully saturated rings. The minimum atomic E-state index is -3.02. The summed E-state index contributed by atoms with van der Waals surface area (Å²) in [5, 5.41) is 3.25. The van der Waals surface area contributed by atoms with Crippen molar-refractivity contribution in [3.63, 3.8) is 0 Å². The molecule has 0 aliphatic carbocycles. The minimum absolute atomic E-state index is 0. The molecule has 0 atom stereocenters. The Morgan fingerprint density at radius 1 is 1.52 bits per heavy atom. The molecule has 5 nitrogen and oxygen atoms in total. The maximum atomic E-state index is 12.0. The molecule has 0 spiro atoms. The SMILES string of the molecule is C#CCSCCNC(=NC)N1CCS(=O)(=O)C(C)(C)C1.I. The highest BCUT2D eigenvalue weighted by Crippen LogP contribution is 2.23. The van der Waals surface area contributed by atoms with Crippen LogP contribution in [0.15, 0.2) is 4.99 Å². The number of halogens is 1. The monoisotopic (exact) mass is 445 g/mol. The Labute approximate surface area is 149 Å². The second-order valence-corrected chi connectivity index (χ2v) is 9.08. The molecule has 0 bridgehead atoms. The number of hydrogen-bond acceptors (Lipinski definition) is 4. The zero-order valence-corrected chi connectivity index (χ0v) is 16.7. The van der Waals surface area contributed by atoms with Crippen LogP contribution in [0.1, 0.15) is 13.8 Å². The van der Waals surface area contributed by atoms with Crippen LogP contribution in [0.25, 0.3) is 0 Å². The summed E-state index contributed by atoms with van der Waals surface area (Å²) >= 11 is 1.68. The van der Waals surface area contributed by atoms with Gasteiger partial charge in [-0.2, -0.15) is 0 Å². The molecule has 1 saturated heterocycles. The number of guanidine groups is 1. The molecule has 0 aromatic rings. The van der Waals surface area contributed by atoms with Gasteiger partial charge in [0.15, 0.2) is 15.8 Å². The molecule has 1 heterocycles. The summed E-state index contributed by atoms with van der Waals surface area (Å²) in [5.74, 6) is 5.12. The van der Waals surface area contributed by atoms with Crippen molar-refractivity contribution in [3.05, 3.63) is 0 Å².